The lowest BCUT2D eigenvalue weighted by Crippen LogP contribution is -2.67. The molecule has 0 aromatic rings. The summed E-state index contributed by atoms with van der Waals surface area (Å²) in [5.74, 6) is 0.223. The molecule has 7 fully saturated rings. The molecule has 8 aliphatic rings. The Morgan fingerprint density at radius 2 is 1.27 bits per heavy atom. The Labute approximate surface area is 330 Å². The van der Waals surface area contributed by atoms with Crippen molar-refractivity contribution in [2.24, 2.45) is 34.5 Å². The standard InChI is InChI=1S/C42H66O14/c1-20-37(49-6)29(43)16-35(51-20)55-39-22(3)53-36(18-31(39)45)56-38-21(2)52-34(17-30(38)44)54-25-9-11-40(4)24(14-25)7-8-27-28(40)15-32(46)41(5)26(10-12-42(27,41)48)23-13-33(47)50-19-23/h13,20-22,24-32,34-39,43-46,48H,7-12,14-19H2,1-6H3/t20-,21-,22-,24-,25-,26+,27-,28+,29+,30+,31+,32+,34+,35+,36+,37-,38+,39+,40+,41+,42+/m1/s1. The van der Waals surface area contributed by atoms with Gasteiger partial charge in [-0.3, -0.25) is 0 Å². The molecule has 3 saturated heterocycles. The summed E-state index contributed by atoms with van der Waals surface area (Å²) >= 11 is 0. The lowest BCUT2D eigenvalue weighted by Gasteiger charge is -2.65. The molecule has 4 aliphatic heterocycles. The minimum Gasteiger partial charge on any atom is -0.458 e. The summed E-state index contributed by atoms with van der Waals surface area (Å²) in [7, 11) is 1.53. The summed E-state index contributed by atoms with van der Waals surface area (Å²) in [5.41, 5.74) is -0.877. The van der Waals surface area contributed by atoms with Gasteiger partial charge in [-0.2, -0.15) is 0 Å². The van der Waals surface area contributed by atoms with Gasteiger partial charge in [0.05, 0.1) is 54.4 Å². The molecule has 14 heteroatoms. The van der Waals surface area contributed by atoms with Crippen molar-refractivity contribution in [1.82, 2.24) is 0 Å². The predicted octanol–water partition coefficient (Wildman–Crippen LogP) is 2.87. The van der Waals surface area contributed by atoms with Crippen LogP contribution >= 0.6 is 0 Å². The quantitative estimate of drug-likeness (QED) is 0.178. The van der Waals surface area contributed by atoms with Gasteiger partial charge >= 0.3 is 5.97 Å². The summed E-state index contributed by atoms with van der Waals surface area (Å²) in [6.07, 6.45) is -0.0154. The van der Waals surface area contributed by atoms with Crippen molar-refractivity contribution in [3.8, 4) is 0 Å². The van der Waals surface area contributed by atoms with Crippen molar-refractivity contribution in [3.63, 3.8) is 0 Å². The maximum absolute atomic E-state index is 12.6. The van der Waals surface area contributed by atoms with E-state index in [1.54, 1.807) is 13.0 Å². The number of hydrogen-bond acceptors (Lipinski definition) is 14. The van der Waals surface area contributed by atoms with Gasteiger partial charge in [-0.15, -0.1) is 0 Å². The molecule has 8 rings (SSSR count). The van der Waals surface area contributed by atoms with E-state index in [-0.39, 0.29) is 67.2 Å². The van der Waals surface area contributed by atoms with Gasteiger partial charge in [-0.25, -0.2) is 4.79 Å². The van der Waals surface area contributed by atoms with Gasteiger partial charge in [-0.1, -0.05) is 13.8 Å². The van der Waals surface area contributed by atoms with E-state index in [4.69, 9.17) is 37.9 Å². The van der Waals surface area contributed by atoms with Crippen molar-refractivity contribution in [2.75, 3.05) is 13.7 Å². The number of carbonyl (C=O) groups is 1. The Morgan fingerprint density at radius 1 is 0.696 bits per heavy atom. The average Bonchev–Trinajstić information content (AvgIpc) is 3.68. The second-order valence-corrected chi connectivity index (χ2v) is 19.0. The van der Waals surface area contributed by atoms with Crippen LogP contribution in [-0.4, -0.2) is 137 Å². The third kappa shape index (κ3) is 7.02. The predicted molar refractivity (Wildman–Crippen MR) is 197 cm³/mol. The summed E-state index contributed by atoms with van der Waals surface area (Å²) in [4.78, 5) is 12.0. The van der Waals surface area contributed by atoms with Crippen LogP contribution in [0.1, 0.15) is 105 Å². The van der Waals surface area contributed by atoms with Crippen LogP contribution in [0.2, 0.25) is 0 Å². The maximum Gasteiger partial charge on any atom is 0.331 e. The highest BCUT2D eigenvalue weighted by Crippen LogP contribution is 2.70. The van der Waals surface area contributed by atoms with Gasteiger partial charge < -0.3 is 63.4 Å². The molecule has 4 aliphatic carbocycles. The fourth-order valence-corrected chi connectivity index (χ4v) is 13.1. The molecule has 4 saturated carbocycles. The lowest BCUT2D eigenvalue weighted by atomic mass is 9.42. The lowest BCUT2D eigenvalue weighted by molar-refractivity contribution is -0.336. The molecule has 0 bridgehead atoms. The summed E-state index contributed by atoms with van der Waals surface area (Å²) in [6, 6.07) is 0. The first-order valence-corrected chi connectivity index (χ1v) is 21.3. The molecule has 21 atom stereocenters. The zero-order valence-corrected chi connectivity index (χ0v) is 33.9. The van der Waals surface area contributed by atoms with E-state index in [1.165, 1.54) is 7.11 Å². The van der Waals surface area contributed by atoms with E-state index in [1.807, 2.05) is 20.8 Å². The van der Waals surface area contributed by atoms with Crippen molar-refractivity contribution >= 4 is 5.97 Å². The Bertz CT molecular complexity index is 1430. The Kier molecular flexibility index (Phi) is 11.6. The molecule has 0 aromatic heterocycles. The number of cyclic esters (lactones) is 1. The van der Waals surface area contributed by atoms with Crippen LogP contribution in [0.3, 0.4) is 0 Å². The number of methoxy groups -OCH3 is 1. The number of fused-ring (bicyclic) bond motifs is 5. The minimum atomic E-state index is -1.01. The van der Waals surface area contributed by atoms with Gasteiger partial charge in [0.2, 0.25) is 0 Å². The van der Waals surface area contributed by atoms with E-state index in [9.17, 15) is 30.3 Å². The second kappa shape index (κ2) is 15.6. The van der Waals surface area contributed by atoms with Gasteiger partial charge in [0.1, 0.15) is 24.9 Å². The van der Waals surface area contributed by atoms with E-state index >= 15 is 0 Å². The third-order valence-corrected chi connectivity index (χ3v) is 16.2. The van der Waals surface area contributed by atoms with Crippen LogP contribution in [0.4, 0.5) is 0 Å². The molecule has 318 valence electrons. The van der Waals surface area contributed by atoms with E-state index < -0.39 is 84.8 Å². The smallest absolute Gasteiger partial charge is 0.331 e. The van der Waals surface area contributed by atoms with Crippen molar-refractivity contribution in [2.45, 2.75) is 197 Å². The van der Waals surface area contributed by atoms with Crippen molar-refractivity contribution < 1.29 is 68.2 Å². The first-order valence-electron chi connectivity index (χ1n) is 21.3. The van der Waals surface area contributed by atoms with Crippen LogP contribution < -0.4 is 0 Å². The molecule has 14 nitrogen and oxygen atoms in total. The van der Waals surface area contributed by atoms with Gasteiger partial charge in [0.25, 0.3) is 0 Å². The molecule has 56 heavy (non-hydrogen) atoms. The number of hydrogen-bond donors (Lipinski definition) is 5. The Balaban J connectivity index is 0.832. The Morgan fingerprint density at radius 3 is 1.80 bits per heavy atom. The summed E-state index contributed by atoms with van der Waals surface area (Å²) in [6.45, 7) is 10.1. The number of esters is 1. The highest BCUT2D eigenvalue weighted by Gasteiger charge is 2.71. The van der Waals surface area contributed by atoms with Crippen LogP contribution in [0.15, 0.2) is 11.6 Å². The molecule has 0 spiro atoms. The van der Waals surface area contributed by atoms with Crippen molar-refractivity contribution in [1.29, 1.82) is 0 Å². The van der Waals surface area contributed by atoms with E-state index in [0.29, 0.717) is 18.8 Å². The van der Waals surface area contributed by atoms with Crippen LogP contribution in [0, 0.1) is 34.5 Å². The zero-order chi connectivity index (χ0) is 39.9. The SMILES string of the molecule is CO[C@H]1[C@@H](O)C[C@H](O[C@@H]2[C@@H](O)C[C@H](O[C@@H]3[C@@H](O)C[C@H](O[C@@H]4CC[C@@]5(C)[C@H](CC[C@@H]6[C@@H]5C[C@H](O)[C@]5(C)[C@H](C7=CC(=O)OC7)CC[C@]65O)C4)O[C@@H]3C)O[C@@H]2C)O[C@@H]1C. The van der Waals surface area contributed by atoms with E-state index in [2.05, 4.69) is 6.92 Å². The molecule has 4 heterocycles. The van der Waals surface area contributed by atoms with Gasteiger partial charge in [-0.05, 0) is 107 Å². The number of carbonyl (C=O) groups excluding carboxylic acids is 1. The minimum absolute atomic E-state index is 0.0386. The summed E-state index contributed by atoms with van der Waals surface area (Å²) < 4.78 is 47.8. The highest BCUT2D eigenvalue weighted by molar-refractivity contribution is 5.85. The molecule has 0 unspecified atom stereocenters. The molecule has 0 amide bonds. The zero-order valence-electron chi connectivity index (χ0n) is 33.9. The topological polar surface area (TPSA) is 192 Å². The fraction of sp³-hybridized carbons (Fsp3) is 0.929. The molecular formula is C42H66O14. The average molecular weight is 795 g/mol. The number of ether oxygens (including phenoxy) is 8. The molecule has 5 N–H and O–H groups in total. The van der Waals surface area contributed by atoms with E-state index in [0.717, 1.165) is 44.1 Å². The normalized spacial score (nSPS) is 54.8. The van der Waals surface area contributed by atoms with Crippen LogP contribution in [0.5, 0.6) is 0 Å². The molecular weight excluding hydrogens is 728 g/mol. The van der Waals surface area contributed by atoms with Crippen LogP contribution in [0.25, 0.3) is 0 Å². The number of aliphatic hydroxyl groups is 5. The Hall–Kier alpha value is -1.27. The number of aliphatic hydroxyl groups excluding tert-OH is 4. The summed E-state index contributed by atoms with van der Waals surface area (Å²) in [5, 5.41) is 57.3. The molecule has 0 radical (unpaired) electrons. The number of rotatable bonds is 8. The third-order valence-electron chi connectivity index (χ3n) is 16.2. The first kappa shape index (κ1) is 41.5. The second-order valence-electron chi connectivity index (χ2n) is 19.0. The first-order chi connectivity index (χ1) is 26.5. The maximum atomic E-state index is 12.6. The van der Waals surface area contributed by atoms with Crippen LogP contribution in [-0.2, 0) is 42.7 Å². The van der Waals surface area contributed by atoms with Crippen molar-refractivity contribution in [3.05, 3.63) is 11.6 Å². The monoisotopic (exact) mass is 794 g/mol. The molecule has 0 aromatic carbocycles. The van der Waals surface area contributed by atoms with Gasteiger partial charge in [0, 0.05) is 37.9 Å². The highest BCUT2D eigenvalue weighted by atomic mass is 16.7. The van der Waals surface area contributed by atoms with Gasteiger partial charge in [0.15, 0.2) is 18.9 Å². The largest absolute Gasteiger partial charge is 0.458 e. The fourth-order valence-electron chi connectivity index (χ4n) is 13.1.